The van der Waals surface area contributed by atoms with Crippen LogP contribution >= 0.6 is 82.4 Å². The summed E-state index contributed by atoms with van der Waals surface area (Å²) in [4.78, 5) is 51.2. The number of hydrogen-bond donors (Lipinski definition) is 7. The Balaban J connectivity index is 0.000000666. The molecule has 110 heavy (non-hydrogen) atoms. The first kappa shape index (κ1) is 102. The van der Waals surface area contributed by atoms with Gasteiger partial charge in [0, 0.05) is 155 Å². The number of rotatable bonds is 17. The van der Waals surface area contributed by atoms with Gasteiger partial charge in [-0.25, -0.2) is 4.99 Å². The Morgan fingerprint density at radius 2 is 1.03 bits per heavy atom. The van der Waals surface area contributed by atoms with Crippen LogP contribution in [0, 0.1) is 25.6 Å². The van der Waals surface area contributed by atoms with Crippen molar-refractivity contribution < 1.29 is 134 Å². The van der Waals surface area contributed by atoms with Crippen LogP contribution in [0.4, 0.5) is 22.7 Å². The molecule has 0 spiro atoms. The Morgan fingerprint density at radius 1 is 0.636 bits per heavy atom. The molecule has 4 fully saturated rings. The summed E-state index contributed by atoms with van der Waals surface area (Å²) in [7, 11) is 8.94. The van der Waals surface area contributed by atoms with E-state index in [0.29, 0.717) is 16.9 Å². The molecule has 24 nitrogen and oxygen atoms in total. The number of carbonyl (C=O) groups is 1. The molecule has 32 heteroatoms. The number of thiophene rings is 2. The molecule has 0 saturated carbocycles. The third-order valence-electron chi connectivity index (χ3n) is 19.5. The molecule has 4 saturated heterocycles. The molecule has 6 aromatic heterocycles. The van der Waals surface area contributed by atoms with E-state index in [1.165, 1.54) is 156 Å². The van der Waals surface area contributed by atoms with Crippen molar-refractivity contribution in [2.75, 3.05) is 78.8 Å². The van der Waals surface area contributed by atoms with E-state index in [1.54, 1.807) is 60.1 Å². The van der Waals surface area contributed by atoms with Crippen molar-refractivity contribution in [1.29, 1.82) is 5.41 Å². The fourth-order valence-corrected chi connectivity index (χ4v) is 15.8. The first-order valence-electron chi connectivity index (χ1n) is 36.3. The predicted octanol–water partition coefficient (Wildman–Crippen LogP) is 10.2. The zero-order chi connectivity index (χ0) is 76.8. The molecule has 4 atom stereocenters. The number of hydrogen-bond acceptors (Lipinski definition) is 20. The number of aromatic nitrogens is 4. The maximum atomic E-state index is 10.8. The van der Waals surface area contributed by atoms with Gasteiger partial charge in [-0.3, -0.25) is 42.1 Å². The van der Waals surface area contributed by atoms with Gasteiger partial charge in [0.15, 0.2) is 0 Å². The predicted molar refractivity (Wildman–Crippen MR) is 464 cm³/mol. The van der Waals surface area contributed by atoms with Crippen LogP contribution < -0.4 is 131 Å². The summed E-state index contributed by atoms with van der Waals surface area (Å²) in [5.74, 6) is 9.40. The second-order valence-corrected chi connectivity index (χ2v) is 29.5. The maximum absolute atomic E-state index is 10.8. The first-order valence-corrected chi connectivity index (χ1v) is 39.9. The molecule has 11 N–H and O–H groups in total. The van der Waals surface area contributed by atoms with Gasteiger partial charge < -0.3 is 66.4 Å². The Morgan fingerprint density at radius 3 is 1.43 bits per heavy atom. The quantitative estimate of drug-likeness (QED) is 0.00381. The van der Waals surface area contributed by atoms with Crippen LogP contribution in [0.5, 0.6) is 0 Å². The normalized spacial score (nSPS) is 16.9. The Bertz CT molecular complexity index is 4240. The number of amidine groups is 1. The molecule has 10 heterocycles. The maximum Gasteiger partial charge on any atom is 1.00 e. The number of nitro groups is 2. The van der Waals surface area contributed by atoms with Crippen LogP contribution in [0.1, 0.15) is 121 Å². The van der Waals surface area contributed by atoms with Crippen molar-refractivity contribution in [3.8, 4) is 0 Å². The molecule has 594 valence electrons. The number of halogens is 3. The first-order chi connectivity index (χ1) is 51.4. The van der Waals surface area contributed by atoms with Crippen LogP contribution in [0.2, 0.25) is 0 Å². The number of piperidine rings is 4. The number of nitrogens with zero attached hydrogens (tertiary/aromatic N) is 10. The third kappa shape index (κ3) is 34.2. The Labute approximate surface area is 775 Å². The summed E-state index contributed by atoms with van der Waals surface area (Å²) in [6.45, 7) is 9.85. The van der Waals surface area contributed by atoms with Crippen LogP contribution in [-0.2, 0) is 29.3 Å². The molecule has 0 bridgehead atoms. The van der Waals surface area contributed by atoms with E-state index in [2.05, 4.69) is 143 Å². The van der Waals surface area contributed by atoms with Crippen LogP contribution in [-0.4, -0.2) is 168 Å². The van der Waals surface area contributed by atoms with Gasteiger partial charge in [0.2, 0.25) is 0 Å². The van der Waals surface area contributed by atoms with Crippen LogP contribution in [0.15, 0.2) is 162 Å². The van der Waals surface area contributed by atoms with Crippen molar-refractivity contribution in [2.45, 2.75) is 153 Å². The van der Waals surface area contributed by atoms with Crippen LogP contribution in [0.3, 0.4) is 0 Å². The Hall–Kier alpha value is -3.74. The SMILES string of the molecule is CCO.CN1CCCCC1CCCl.CN1CCCCC1CCn1ccc2cc(N)ccc21.CN1CCCCC1CCn1ccc2cc(N=C(N)c3cccs3)ccc21.CN1CCCCC1CCn1ccc2cc([N+](=O)[O-])ccc21.CSC(=N)c1cccs1.Cl.I.NN.O=CO[O-].O=[N+]([O-])c1ccc2[nH]ccc2c1.[H-].[K+].[K+]. The summed E-state index contributed by atoms with van der Waals surface area (Å²) < 4.78 is 6.94. The smallest absolute Gasteiger partial charge is 1.00 e. The van der Waals surface area contributed by atoms with E-state index in [4.69, 9.17) is 43.6 Å². The molecule has 4 aromatic carbocycles. The summed E-state index contributed by atoms with van der Waals surface area (Å²) in [6.07, 6.45) is 31.0. The monoisotopic (exact) mass is 1770 g/mol. The number of carbonyl (C=O) groups excluding carboxylic acids is 1. The van der Waals surface area contributed by atoms with Crippen molar-refractivity contribution in [1.82, 2.24) is 38.3 Å². The van der Waals surface area contributed by atoms with Crippen molar-refractivity contribution in [3.63, 3.8) is 0 Å². The minimum atomic E-state index is -0.396. The second kappa shape index (κ2) is 57.3. The van der Waals surface area contributed by atoms with Gasteiger partial charge in [0.05, 0.1) is 25.3 Å². The number of likely N-dealkylation sites (tertiary alicyclic amines) is 4. The number of nitrogen functional groups attached to an aromatic ring is 1. The van der Waals surface area contributed by atoms with Gasteiger partial charge in [-0.2, -0.15) is 0 Å². The van der Waals surface area contributed by atoms with Crippen LogP contribution in [0.25, 0.3) is 43.6 Å². The number of nitrogens with one attached hydrogen (secondary N) is 2. The molecule has 0 aliphatic carbocycles. The molecule has 4 aliphatic rings. The number of fused-ring (bicyclic) bond motifs is 4. The molecule has 10 aromatic rings. The average molecular weight is 1780 g/mol. The summed E-state index contributed by atoms with van der Waals surface area (Å²) >= 11 is 10.4. The van der Waals surface area contributed by atoms with E-state index in [0.717, 1.165) is 99.4 Å². The molecule has 4 unspecified atom stereocenters. The fraction of sp³-hybridized carbons (Fsp3) is 0.449. The third-order valence-corrected chi connectivity index (χ3v) is 22.3. The van der Waals surface area contributed by atoms with Crippen molar-refractivity contribution in [3.05, 3.63) is 187 Å². The number of nitro benzene ring substituents is 2. The average Bonchev–Trinajstić information content (AvgIpc) is 1.68. The van der Waals surface area contributed by atoms with Gasteiger partial charge in [0.1, 0.15) is 10.9 Å². The summed E-state index contributed by atoms with van der Waals surface area (Å²) in [5, 5.41) is 53.5. The number of H-pyrrole nitrogens is 1. The van der Waals surface area contributed by atoms with E-state index < -0.39 is 4.92 Å². The standard InChI is InChI=1S/C21H26N4S.C16H21N3O2.C16H23N3.C8H16ClN.C8H6N2O2.C6H7NS2.C2H6O.CH2O3.ClH.HI.2K.H4N2.H/c1-24-11-3-2-5-18(24)10-13-25-12-9-16-15-17(7-8-19(16)25)23-21(22)20-6-4-14-26-20;1-17-9-3-2-4-14(17)8-11-18-10-7-13-12-15(19(20)21)5-6-16(13)18;1-18-9-3-2-4-15(18)8-11-19-10-7-13-12-14(17)5-6-16(13)19;1-10-7-3-2-4-8(10)5-6-9;11-10(12)7-1-2-8-6(5-7)3-4-9-8;1-8-6(7)5-3-2-4-9-5;1-2-3;2-1-4-3;;;;;1-2;/h4,6-9,12,14-15,18H,2-3,5,10-11,13H2,1H3,(H2,22,23);5-7,10,12,14H,2-4,8-9,11H2,1H3;5-7,10,12,15H,2-4,8-9,11,17H2,1H3;8H,2-7H2,1H3;1-5,9H;2-4,7H,1H3;3H,2H2,1H3;1,3H;2*1H;;;1-2H2;/q;;;;;;;;;;2*+1;;-1/p-1. The number of aliphatic hydroxyl groups is 1. The zero-order valence-corrected chi connectivity index (χ0v) is 77.7. The molecule has 4 aliphatic heterocycles. The number of aryl methyl sites for hydroxylation is 3. The topological polar surface area (TPSA) is 340 Å². The van der Waals surface area contributed by atoms with E-state index >= 15 is 0 Å². The number of thioether (sulfide) groups is 1. The number of non-ortho nitro benzene ring substituents is 2. The molecule has 0 radical (unpaired) electrons. The van der Waals surface area contributed by atoms with E-state index in [-0.39, 0.29) is 170 Å². The number of anilines is 1. The molecular weight excluding hydrogens is 1660 g/mol. The van der Waals surface area contributed by atoms with Crippen molar-refractivity contribution in [2.24, 2.45) is 22.4 Å². The number of alkyl halides is 1. The van der Waals surface area contributed by atoms with Gasteiger partial charge in [-0.1, -0.05) is 37.8 Å². The van der Waals surface area contributed by atoms with E-state index in [9.17, 15) is 20.2 Å². The Kier molecular flexibility index (Phi) is 53.3. The number of aliphatic imine (C=N–C) groups is 1. The summed E-state index contributed by atoms with van der Waals surface area (Å²) in [5.41, 5.74) is 18.6. The van der Waals surface area contributed by atoms with Gasteiger partial charge in [-0.15, -0.1) is 82.4 Å². The fourth-order valence-electron chi connectivity index (χ4n) is 13.7. The zero-order valence-electron chi connectivity index (χ0n) is 66.1. The summed E-state index contributed by atoms with van der Waals surface area (Å²) in [6, 6.07) is 41.3. The van der Waals surface area contributed by atoms with Crippen molar-refractivity contribution >= 4 is 166 Å². The molecular formula is C78H113Cl2IK2N16O8S3. The second-order valence-electron chi connectivity index (χ2n) is 26.5. The van der Waals surface area contributed by atoms with Gasteiger partial charge >= 0.3 is 103 Å². The largest absolute Gasteiger partial charge is 1.00 e. The minimum Gasteiger partial charge on any atom is -1.00 e. The molecule has 0 amide bonds. The number of aromatic amines is 1. The van der Waals surface area contributed by atoms with E-state index in [1.807, 2.05) is 71.7 Å². The number of aliphatic hydroxyl groups excluding tert-OH is 1. The van der Waals surface area contributed by atoms with Gasteiger partial charge in [0.25, 0.3) is 17.8 Å². The minimum absolute atomic E-state index is 0. The number of nitrogens with two attached hydrogens (primary N) is 4. The molecule has 14 rings (SSSR count). The number of hydrazine groups is 1. The van der Waals surface area contributed by atoms with Gasteiger partial charge in [-0.05, 0) is 240 Å². The number of benzene rings is 4.